The normalized spacial score (nSPS) is 14.9. The van der Waals surface area contributed by atoms with Crippen LogP contribution in [0.3, 0.4) is 0 Å². The SMILES string of the molecule is CC(C)(C)OC(=O)NCCCCCNC(=O)CN1CCC(C(=O)Nc2ncc(SCc3ncc(C(C)(C)C)o3)s2)CC1. The average Bonchev–Trinajstić information content (AvgIpc) is 3.56. The molecule has 42 heavy (non-hydrogen) atoms. The fraction of sp³-hybridized carbons (Fsp3) is 0.690. The van der Waals surface area contributed by atoms with Gasteiger partial charge in [-0.2, -0.15) is 0 Å². The highest BCUT2D eigenvalue weighted by molar-refractivity contribution is 8.00. The number of nitrogens with zero attached hydrogens (tertiary/aromatic N) is 3. The Morgan fingerprint density at radius 3 is 2.36 bits per heavy atom. The number of ether oxygens (including phenoxy) is 1. The van der Waals surface area contributed by atoms with Crippen molar-refractivity contribution in [3.05, 3.63) is 24.0 Å². The van der Waals surface area contributed by atoms with Gasteiger partial charge in [0.2, 0.25) is 17.7 Å². The van der Waals surface area contributed by atoms with Crippen molar-refractivity contribution in [3.63, 3.8) is 0 Å². The van der Waals surface area contributed by atoms with Crippen LogP contribution in [-0.4, -0.2) is 71.1 Å². The molecule has 3 N–H and O–H groups in total. The standard InChI is InChI=1S/C29H46N6O5S2/c1-28(2,3)21-16-32-23(39-21)19-41-24-17-33-26(42-24)34-25(37)20-10-14-35(15-11-20)18-22(36)30-12-8-7-9-13-31-27(38)40-29(4,5)6/h16-17,20H,7-15,18-19H2,1-6H3,(H,30,36)(H,31,38)(H,33,34,37). The highest BCUT2D eigenvalue weighted by Crippen LogP contribution is 2.32. The number of carbonyl (C=O) groups is 3. The maximum absolute atomic E-state index is 12.8. The number of hydrogen-bond donors (Lipinski definition) is 3. The van der Waals surface area contributed by atoms with Gasteiger partial charge in [0, 0.05) is 24.4 Å². The molecule has 1 fully saturated rings. The Labute approximate surface area is 257 Å². The number of aromatic nitrogens is 2. The van der Waals surface area contributed by atoms with Gasteiger partial charge in [-0.25, -0.2) is 14.8 Å². The van der Waals surface area contributed by atoms with Gasteiger partial charge >= 0.3 is 6.09 Å². The number of nitrogens with one attached hydrogen (secondary N) is 3. The van der Waals surface area contributed by atoms with E-state index < -0.39 is 11.7 Å². The van der Waals surface area contributed by atoms with Gasteiger partial charge in [-0.05, 0) is 66.0 Å². The van der Waals surface area contributed by atoms with Gasteiger partial charge in [-0.1, -0.05) is 32.1 Å². The van der Waals surface area contributed by atoms with Crippen LogP contribution < -0.4 is 16.0 Å². The first-order valence-corrected chi connectivity index (χ1v) is 16.4. The topological polar surface area (TPSA) is 139 Å². The van der Waals surface area contributed by atoms with Gasteiger partial charge in [0.25, 0.3) is 0 Å². The van der Waals surface area contributed by atoms with E-state index in [9.17, 15) is 14.4 Å². The van der Waals surface area contributed by atoms with Crippen LogP contribution in [0.4, 0.5) is 9.93 Å². The quantitative estimate of drug-likeness (QED) is 0.204. The largest absolute Gasteiger partial charge is 0.444 e. The summed E-state index contributed by atoms with van der Waals surface area (Å²) < 4.78 is 12.0. The molecule has 0 bridgehead atoms. The minimum absolute atomic E-state index is 0.00280. The molecule has 3 heterocycles. The van der Waals surface area contributed by atoms with Gasteiger partial charge in [-0.15, -0.1) is 11.8 Å². The lowest BCUT2D eigenvalue weighted by atomic mass is 9.94. The Kier molecular flexibility index (Phi) is 12.7. The molecule has 2 aromatic heterocycles. The fourth-order valence-corrected chi connectivity index (χ4v) is 5.95. The van der Waals surface area contributed by atoms with Crippen molar-refractivity contribution in [2.45, 2.75) is 94.6 Å². The predicted molar refractivity (Wildman–Crippen MR) is 166 cm³/mol. The average molecular weight is 623 g/mol. The molecular weight excluding hydrogens is 576 g/mol. The summed E-state index contributed by atoms with van der Waals surface area (Å²) >= 11 is 3.03. The summed E-state index contributed by atoms with van der Waals surface area (Å²) in [6.07, 6.45) is 7.12. The number of amides is 3. The maximum atomic E-state index is 12.8. The van der Waals surface area contributed by atoms with Crippen molar-refractivity contribution in [1.82, 2.24) is 25.5 Å². The number of likely N-dealkylation sites (tertiary alicyclic amines) is 1. The van der Waals surface area contributed by atoms with Crippen LogP contribution in [0, 0.1) is 5.92 Å². The molecule has 3 amide bonds. The molecule has 1 aliphatic rings. The lowest BCUT2D eigenvalue weighted by Gasteiger charge is -2.30. The Balaban J connectivity index is 1.25. The van der Waals surface area contributed by atoms with Crippen LogP contribution >= 0.6 is 23.1 Å². The number of hydrogen-bond acceptors (Lipinski definition) is 10. The summed E-state index contributed by atoms with van der Waals surface area (Å²) in [4.78, 5) is 47.6. The molecule has 3 rings (SSSR count). The zero-order valence-electron chi connectivity index (χ0n) is 25.7. The second kappa shape index (κ2) is 15.7. The Bertz CT molecular complexity index is 1160. The van der Waals surface area contributed by atoms with Gasteiger partial charge in [0.1, 0.15) is 11.4 Å². The molecule has 1 saturated heterocycles. The van der Waals surface area contributed by atoms with Gasteiger partial charge in [0.15, 0.2) is 5.13 Å². The number of alkyl carbamates (subject to hydrolysis) is 1. The fourth-order valence-electron chi connectivity index (χ4n) is 4.22. The zero-order chi connectivity index (χ0) is 30.8. The van der Waals surface area contributed by atoms with Crippen LogP contribution in [0.15, 0.2) is 21.0 Å². The number of unbranched alkanes of at least 4 members (excludes halogenated alkanes) is 2. The molecule has 234 valence electrons. The number of rotatable bonds is 13. The minimum Gasteiger partial charge on any atom is -0.444 e. The second-order valence-corrected chi connectivity index (χ2v) is 14.8. The Morgan fingerprint density at radius 1 is 1.02 bits per heavy atom. The van der Waals surface area contributed by atoms with E-state index in [0.29, 0.717) is 62.3 Å². The minimum atomic E-state index is -0.501. The van der Waals surface area contributed by atoms with Crippen LogP contribution in [0.25, 0.3) is 0 Å². The third kappa shape index (κ3) is 12.3. The van der Waals surface area contributed by atoms with E-state index in [4.69, 9.17) is 9.15 Å². The van der Waals surface area contributed by atoms with Crippen molar-refractivity contribution < 1.29 is 23.5 Å². The molecular formula is C29H46N6O5S2. The first kappa shape index (κ1) is 33.9. The number of carbonyl (C=O) groups excluding carboxylic acids is 3. The summed E-state index contributed by atoms with van der Waals surface area (Å²) in [6.45, 7) is 14.7. The summed E-state index contributed by atoms with van der Waals surface area (Å²) in [5, 5.41) is 9.26. The van der Waals surface area contributed by atoms with Crippen molar-refractivity contribution >= 4 is 46.1 Å². The van der Waals surface area contributed by atoms with E-state index in [-0.39, 0.29) is 23.1 Å². The lowest BCUT2D eigenvalue weighted by molar-refractivity contribution is -0.123. The van der Waals surface area contributed by atoms with Crippen LogP contribution in [0.5, 0.6) is 0 Å². The zero-order valence-corrected chi connectivity index (χ0v) is 27.3. The number of piperidine rings is 1. The van der Waals surface area contributed by atoms with Crippen LogP contribution in [0.1, 0.15) is 85.3 Å². The van der Waals surface area contributed by atoms with Gasteiger partial charge in [0.05, 0.1) is 28.9 Å². The summed E-state index contributed by atoms with van der Waals surface area (Å²) in [6, 6.07) is 0. The smallest absolute Gasteiger partial charge is 0.407 e. The number of anilines is 1. The van der Waals surface area contributed by atoms with E-state index in [1.54, 1.807) is 24.2 Å². The number of thiazole rings is 1. The Hall–Kier alpha value is -2.64. The van der Waals surface area contributed by atoms with E-state index >= 15 is 0 Å². The third-order valence-corrected chi connectivity index (χ3v) is 8.61. The third-order valence-electron chi connectivity index (χ3n) is 6.51. The van der Waals surface area contributed by atoms with Gasteiger partial charge in [-0.3, -0.25) is 14.5 Å². The van der Waals surface area contributed by atoms with E-state index in [2.05, 4.69) is 51.6 Å². The highest BCUT2D eigenvalue weighted by atomic mass is 32.2. The van der Waals surface area contributed by atoms with Crippen molar-refractivity contribution in [2.75, 3.05) is 38.0 Å². The monoisotopic (exact) mass is 622 g/mol. The lowest BCUT2D eigenvalue weighted by Crippen LogP contribution is -2.43. The maximum Gasteiger partial charge on any atom is 0.407 e. The molecule has 0 unspecified atom stereocenters. The molecule has 0 aromatic carbocycles. The Morgan fingerprint density at radius 2 is 1.71 bits per heavy atom. The second-order valence-electron chi connectivity index (χ2n) is 12.5. The van der Waals surface area contributed by atoms with E-state index in [1.807, 2.05) is 20.8 Å². The molecule has 0 spiro atoms. The van der Waals surface area contributed by atoms with Crippen molar-refractivity contribution in [2.24, 2.45) is 5.92 Å². The van der Waals surface area contributed by atoms with Crippen LogP contribution in [0.2, 0.25) is 0 Å². The van der Waals surface area contributed by atoms with Crippen LogP contribution in [-0.2, 0) is 25.5 Å². The van der Waals surface area contributed by atoms with Gasteiger partial charge < -0.3 is 25.1 Å². The number of oxazole rings is 1. The molecule has 1 aliphatic heterocycles. The highest BCUT2D eigenvalue weighted by Gasteiger charge is 2.26. The molecule has 0 aliphatic carbocycles. The van der Waals surface area contributed by atoms with E-state index in [1.165, 1.54) is 11.3 Å². The van der Waals surface area contributed by atoms with Crippen molar-refractivity contribution in [3.8, 4) is 0 Å². The first-order valence-electron chi connectivity index (χ1n) is 14.6. The molecule has 11 nitrogen and oxygen atoms in total. The summed E-state index contributed by atoms with van der Waals surface area (Å²) in [5.41, 5.74) is -0.578. The van der Waals surface area contributed by atoms with E-state index in [0.717, 1.165) is 29.2 Å². The number of thioether (sulfide) groups is 1. The molecule has 0 saturated carbocycles. The summed E-state index contributed by atoms with van der Waals surface area (Å²) in [5.74, 6) is 2.02. The predicted octanol–water partition coefficient (Wildman–Crippen LogP) is 5.18. The first-order chi connectivity index (χ1) is 19.8. The molecule has 0 atom stereocenters. The molecule has 2 aromatic rings. The van der Waals surface area contributed by atoms with Crippen molar-refractivity contribution in [1.29, 1.82) is 0 Å². The molecule has 13 heteroatoms. The summed E-state index contributed by atoms with van der Waals surface area (Å²) in [7, 11) is 0. The molecule has 0 radical (unpaired) electrons.